The number of aliphatic hydroxyl groups excluding tert-OH is 1. The van der Waals surface area contributed by atoms with Crippen molar-refractivity contribution in [1.29, 1.82) is 0 Å². The van der Waals surface area contributed by atoms with Gasteiger partial charge in [0.1, 0.15) is 5.69 Å². The molecule has 2 aromatic rings. The lowest BCUT2D eigenvalue weighted by molar-refractivity contribution is -0.576. The Balaban J connectivity index is 0.000000182. The van der Waals surface area contributed by atoms with Crippen molar-refractivity contribution in [3.05, 3.63) is 41.1 Å². The highest BCUT2D eigenvalue weighted by Crippen LogP contribution is 2.60. The third-order valence-corrected chi connectivity index (χ3v) is 11.4. The molecule has 3 N–H and O–H groups in total. The molecule has 53 heavy (non-hydrogen) atoms. The van der Waals surface area contributed by atoms with Crippen LogP contribution in [0, 0.1) is 23.7 Å². The molecule has 11 nitrogen and oxygen atoms in total. The lowest BCUT2D eigenvalue weighted by atomic mass is 9.58. The van der Waals surface area contributed by atoms with Gasteiger partial charge in [0.15, 0.2) is 11.9 Å². The predicted octanol–water partition coefficient (Wildman–Crippen LogP) is 7.05. The molecule has 294 valence electrons. The Hall–Kier alpha value is -3.09. The molecule has 6 fully saturated rings. The first-order chi connectivity index (χ1) is 24.8. The van der Waals surface area contributed by atoms with Crippen LogP contribution in [0.3, 0.4) is 0 Å². The Kier molecular flexibility index (Phi) is 11.1. The van der Waals surface area contributed by atoms with Crippen LogP contribution in [0.5, 0.6) is 0 Å². The Labute approximate surface area is 301 Å². The fourth-order valence-corrected chi connectivity index (χ4v) is 8.66. The van der Waals surface area contributed by atoms with Crippen LogP contribution in [0.15, 0.2) is 24.3 Å². The van der Waals surface area contributed by atoms with Crippen LogP contribution in [-0.2, 0) is 45.9 Å². The zero-order chi connectivity index (χ0) is 38.5. The molecule has 1 aromatic heterocycles. The number of rotatable bonds is 6. The predicted molar refractivity (Wildman–Crippen MR) is 172 cm³/mol. The maximum Gasteiger partial charge on any atom is 0.433 e. The topological polar surface area (TPSA) is 146 Å². The van der Waals surface area contributed by atoms with E-state index in [4.69, 9.17) is 29.1 Å². The third-order valence-electron chi connectivity index (χ3n) is 11.4. The van der Waals surface area contributed by atoms with Crippen molar-refractivity contribution in [3.8, 4) is 0 Å². The van der Waals surface area contributed by atoms with E-state index in [9.17, 15) is 41.0 Å². The number of carbonyl (C=O) groups is 2. The Morgan fingerprint density at radius 1 is 1.02 bits per heavy atom. The Morgan fingerprint density at radius 3 is 2.43 bits per heavy atom. The number of pyridine rings is 1. The summed E-state index contributed by atoms with van der Waals surface area (Å²) in [5.41, 5.74) is -4.41. The first-order valence-electron chi connectivity index (χ1n) is 17.9. The van der Waals surface area contributed by atoms with Gasteiger partial charge in [0.05, 0.1) is 30.0 Å². The van der Waals surface area contributed by atoms with Gasteiger partial charge in [-0.3, -0.25) is 9.59 Å². The summed E-state index contributed by atoms with van der Waals surface area (Å²) in [5.74, 6) is -1.82. The summed E-state index contributed by atoms with van der Waals surface area (Å²) >= 11 is 0. The molecule has 6 heterocycles. The average molecular weight is 763 g/mol. The van der Waals surface area contributed by atoms with E-state index in [1.54, 1.807) is 0 Å². The van der Waals surface area contributed by atoms with E-state index in [1.807, 2.05) is 13.8 Å². The molecule has 2 bridgehead atoms. The molecule has 5 aliphatic heterocycles. The summed E-state index contributed by atoms with van der Waals surface area (Å²) in [6, 6.07) is 3.16. The number of nitrogens with zero attached hydrogens (tertiary/aromatic N) is 1. The van der Waals surface area contributed by atoms with Crippen LogP contribution in [0.25, 0.3) is 10.9 Å². The number of nitrogens with one attached hydrogen (secondary N) is 1. The zero-order valence-electron chi connectivity index (χ0n) is 29.5. The molecule has 1 aliphatic carbocycles. The molecule has 1 saturated carbocycles. The second-order valence-corrected chi connectivity index (χ2v) is 15.0. The number of benzene rings is 1. The van der Waals surface area contributed by atoms with Crippen LogP contribution in [0.1, 0.15) is 101 Å². The molecule has 5 saturated heterocycles. The second-order valence-electron chi connectivity index (χ2n) is 15.0. The van der Waals surface area contributed by atoms with Crippen molar-refractivity contribution in [3.63, 3.8) is 0 Å². The van der Waals surface area contributed by atoms with Gasteiger partial charge < -0.3 is 29.7 Å². The van der Waals surface area contributed by atoms with Crippen LogP contribution < -0.4 is 5.32 Å². The van der Waals surface area contributed by atoms with E-state index in [2.05, 4.69) is 17.2 Å². The minimum atomic E-state index is -4.93. The van der Waals surface area contributed by atoms with E-state index in [0.29, 0.717) is 37.4 Å². The van der Waals surface area contributed by atoms with Gasteiger partial charge in [0.2, 0.25) is 12.1 Å². The molecule has 1 aromatic carbocycles. The minimum absolute atomic E-state index is 0.0670. The highest BCUT2D eigenvalue weighted by atomic mass is 19.4. The van der Waals surface area contributed by atoms with Gasteiger partial charge in [-0.1, -0.05) is 32.4 Å². The van der Waals surface area contributed by atoms with Gasteiger partial charge in [0.25, 0.3) is 0 Å². The number of hydrogen-bond donors (Lipinski definition) is 3. The van der Waals surface area contributed by atoms with E-state index in [0.717, 1.165) is 38.2 Å². The van der Waals surface area contributed by atoms with E-state index >= 15 is 0 Å². The smallest absolute Gasteiger partial charge is 0.433 e. The molecule has 0 amide bonds. The summed E-state index contributed by atoms with van der Waals surface area (Å²) in [6.45, 7) is 6.65. The van der Waals surface area contributed by atoms with Crippen LogP contribution in [0.2, 0.25) is 0 Å². The third kappa shape index (κ3) is 7.87. The normalized spacial score (nSPS) is 34.6. The number of aromatic nitrogens is 1. The van der Waals surface area contributed by atoms with Gasteiger partial charge in [-0.05, 0) is 75.1 Å². The van der Waals surface area contributed by atoms with Crippen LogP contribution in [-0.4, -0.2) is 63.7 Å². The Bertz CT molecular complexity index is 1670. The first kappa shape index (κ1) is 39.6. The lowest BCUT2D eigenvalue weighted by Gasteiger charge is -2.59. The van der Waals surface area contributed by atoms with Gasteiger partial charge in [-0.25, -0.2) is 14.8 Å². The molecule has 1 spiro atoms. The number of alkyl halides is 6. The average Bonchev–Trinajstić information content (AvgIpc) is 3.34. The zero-order valence-corrected chi connectivity index (χ0v) is 29.5. The van der Waals surface area contributed by atoms with Gasteiger partial charge in [0, 0.05) is 29.7 Å². The quantitative estimate of drug-likeness (QED) is 0.158. The molecule has 17 heteroatoms. The monoisotopic (exact) mass is 762 g/mol. The van der Waals surface area contributed by atoms with Gasteiger partial charge >= 0.3 is 24.3 Å². The number of carboxylic acids is 1. The number of carboxylic acid groups (broad SMARTS) is 1. The van der Waals surface area contributed by atoms with Crippen molar-refractivity contribution in [2.45, 2.75) is 127 Å². The second kappa shape index (κ2) is 14.9. The highest BCUT2D eigenvalue weighted by molar-refractivity contribution is 5.86. The number of halogens is 6. The van der Waals surface area contributed by atoms with Crippen molar-refractivity contribution < 1.29 is 70.1 Å². The fraction of sp³-hybridized carbons (Fsp3) is 0.694. The van der Waals surface area contributed by atoms with Crippen molar-refractivity contribution >= 4 is 22.8 Å². The van der Waals surface area contributed by atoms with Crippen molar-refractivity contribution in [1.82, 2.24) is 10.3 Å². The number of esters is 1. The molecule has 8 rings (SSSR count). The van der Waals surface area contributed by atoms with E-state index in [1.165, 1.54) is 6.07 Å². The maximum atomic E-state index is 13.2. The largest absolute Gasteiger partial charge is 0.481 e. The van der Waals surface area contributed by atoms with Crippen LogP contribution in [0.4, 0.5) is 26.3 Å². The summed E-state index contributed by atoms with van der Waals surface area (Å²) < 4.78 is 97.1. The number of piperidine rings is 1. The van der Waals surface area contributed by atoms with E-state index < -0.39 is 77.2 Å². The molecule has 1 unspecified atom stereocenters. The fourth-order valence-electron chi connectivity index (χ4n) is 8.66. The van der Waals surface area contributed by atoms with Gasteiger partial charge in [-0.2, -0.15) is 26.3 Å². The number of ether oxygens (including phenoxy) is 3. The van der Waals surface area contributed by atoms with Crippen LogP contribution >= 0.6 is 0 Å². The number of fused-ring (bicyclic) bond motifs is 3. The lowest BCUT2D eigenvalue weighted by Crippen LogP contribution is -2.70. The molecule has 10 atom stereocenters. The minimum Gasteiger partial charge on any atom is -0.481 e. The summed E-state index contributed by atoms with van der Waals surface area (Å²) in [7, 11) is 0. The molecule has 6 aliphatic rings. The SMILES string of the molecule is C[C@H]1[C@H](OC(=O)CCC(=O)O)O[C@@H]2OC3(C)CC[C@H]4[C@H](C)CC[C@@H]1[C@@]24OO3.O[C@@H](c1cc(C(F)(F)F)nc2c(C(F)(F)F)cccc12)[C@H]1CCCCN1. The van der Waals surface area contributed by atoms with Crippen molar-refractivity contribution in [2.24, 2.45) is 23.7 Å². The standard InChI is InChI=1S/C19H28O8.C17H16F6N2O/c1-10-4-5-13-11(2)16(23-15(22)7-6-14(20)21)24-17-19(13)12(10)8-9-18(3,25-17)26-27-19;18-16(19,20)11-5-3-4-9-10(15(26)12-6-1-2-7-24-12)8-13(17(21,22)23)25-14(9)11/h10-13,16-17H,4-9H2,1-3H3,(H,20,21);3-5,8,12,15,24,26H,1-2,6-7H2/t10-,11-,12+,13+,16-,17-,18?,19-;12-,15+/m11/s1. The number of hydrogen-bond acceptors (Lipinski definition) is 10. The number of aliphatic hydroxyl groups is 1. The first-order valence-corrected chi connectivity index (χ1v) is 17.9. The summed E-state index contributed by atoms with van der Waals surface area (Å²) in [5, 5.41) is 22.2. The molecular formula is C36H44F6N2O9. The summed E-state index contributed by atoms with van der Waals surface area (Å²) in [4.78, 5) is 37.7. The number of carbonyl (C=O) groups excluding carboxylic acids is 1. The Morgan fingerprint density at radius 2 is 1.77 bits per heavy atom. The van der Waals surface area contributed by atoms with E-state index in [-0.39, 0.29) is 41.5 Å². The number of para-hydroxylation sites is 1. The highest BCUT2D eigenvalue weighted by Gasteiger charge is 2.69. The molecular weight excluding hydrogens is 718 g/mol. The number of aliphatic carboxylic acids is 1. The maximum absolute atomic E-state index is 13.2. The summed E-state index contributed by atoms with van der Waals surface area (Å²) in [6.07, 6.45) is -7.28. The van der Waals surface area contributed by atoms with Gasteiger partial charge in [-0.15, -0.1) is 0 Å². The van der Waals surface area contributed by atoms with Crippen molar-refractivity contribution in [2.75, 3.05) is 6.54 Å². The molecule has 0 radical (unpaired) electrons.